The zero-order valence-electron chi connectivity index (χ0n) is 11.6. The number of hydrogen-bond acceptors (Lipinski definition) is 5. The van der Waals surface area contributed by atoms with E-state index >= 15 is 0 Å². The van der Waals surface area contributed by atoms with Crippen LogP contribution >= 0.6 is 11.8 Å². The molecule has 108 valence electrons. The quantitative estimate of drug-likeness (QED) is 0.670. The minimum absolute atomic E-state index is 0.247. The molecule has 4 nitrogen and oxygen atoms in total. The minimum Gasteiger partial charge on any atom is -0.466 e. The Morgan fingerprint density at radius 3 is 2.67 bits per heavy atom. The molecule has 2 heterocycles. The topological polar surface area (TPSA) is 52.1 Å². The molecule has 0 aliphatic heterocycles. The molecule has 0 fully saturated rings. The van der Waals surface area contributed by atoms with Crippen molar-refractivity contribution in [1.82, 2.24) is 10.2 Å². The Labute approximate surface area is 125 Å². The molecule has 2 aromatic heterocycles. The first-order valence-corrected chi connectivity index (χ1v) is 7.39. The highest BCUT2D eigenvalue weighted by molar-refractivity contribution is 7.98. The lowest BCUT2D eigenvalue weighted by Gasteiger charge is -1.99. The summed E-state index contributed by atoms with van der Waals surface area (Å²) in [7, 11) is 0. The predicted molar refractivity (Wildman–Crippen MR) is 77.4 cm³/mol. The highest BCUT2D eigenvalue weighted by Gasteiger charge is 2.15. The summed E-state index contributed by atoms with van der Waals surface area (Å²) in [5.41, 5.74) is 0.794. The maximum absolute atomic E-state index is 13.5. The highest BCUT2D eigenvalue weighted by Crippen LogP contribution is 2.28. The van der Waals surface area contributed by atoms with E-state index < -0.39 is 0 Å². The fourth-order valence-electron chi connectivity index (χ4n) is 1.97. The summed E-state index contributed by atoms with van der Waals surface area (Å²) in [6.07, 6.45) is 0. The second kappa shape index (κ2) is 5.73. The van der Waals surface area contributed by atoms with Gasteiger partial charge in [0.15, 0.2) is 0 Å². The molecule has 0 bridgehead atoms. The Kier molecular flexibility index (Phi) is 3.79. The van der Waals surface area contributed by atoms with E-state index in [1.807, 2.05) is 19.9 Å². The second-order valence-electron chi connectivity index (χ2n) is 4.55. The summed E-state index contributed by atoms with van der Waals surface area (Å²) in [4.78, 5) is 0.563. The molecule has 3 aromatic rings. The van der Waals surface area contributed by atoms with Crippen LogP contribution in [0.5, 0.6) is 0 Å². The molecule has 21 heavy (non-hydrogen) atoms. The van der Waals surface area contributed by atoms with E-state index in [0.717, 1.165) is 17.1 Å². The lowest BCUT2D eigenvalue weighted by molar-refractivity contribution is 0.499. The van der Waals surface area contributed by atoms with Gasteiger partial charge in [0.05, 0.1) is 11.3 Å². The molecule has 0 radical (unpaired) electrons. The van der Waals surface area contributed by atoms with Gasteiger partial charge >= 0.3 is 0 Å². The van der Waals surface area contributed by atoms with Crippen LogP contribution in [0.4, 0.5) is 4.39 Å². The van der Waals surface area contributed by atoms with Crippen molar-refractivity contribution in [1.29, 1.82) is 0 Å². The zero-order valence-corrected chi connectivity index (χ0v) is 12.4. The van der Waals surface area contributed by atoms with Crippen LogP contribution in [-0.2, 0) is 5.75 Å². The van der Waals surface area contributed by atoms with Crippen LogP contribution in [0.15, 0.2) is 44.1 Å². The summed E-state index contributed by atoms with van der Waals surface area (Å²) < 4.78 is 24.6. The van der Waals surface area contributed by atoms with Crippen LogP contribution in [0.1, 0.15) is 17.4 Å². The first kappa shape index (κ1) is 13.9. The van der Waals surface area contributed by atoms with Crippen LogP contribution in [-0.4, -0.2) is 10.2 Å². The van der Waals surface area contributed by atoms with Gasteiger partial charge in [-0.25, -0.2) is 4.39 Å². The van der Waals surface area contributed by atoms with E-state index in [4.69, 9.17) is 8.83 Å². The zero-order chi connectivity index (χ0) is 14.8. The van der Waals surface area contributed by atoms with E-state index in [-0.39, 0.29) is 5.82 Å². The Morgan fingerprint density at radius 2 is 1.95 bits per heavy atom. The molecular weight excluding hydrogens is 291 g/mol. The average molecular weight is 304 g/mol. The number of furan rings is 1. The largest absolute Gasteiger partial charge is 0.466 e. The smallest absolute Gasteiger partial charge is 0.251 e. The Bertz CT molecular complexity index is 767. The summed E-state index contributed by atoms with van der Waals surface area (Å²) >= 11 is 1.32. The van der Waals surface area contributed by atoms with E-state index in [0.29, 0.717) is 22.4 Å². The second-order valence-corrected chi connectivity index (χ2v) is 5.56. The number of thioether (sulfide) groups is 1. The molecule has 1 aromatic carbocycles. The van der Waals surface area contributed by atoms with Gasteiger partial charge in [-0.1, -0.05) is 12.1 Å². The summed E-state index contributed by atoms with van der Waals surface area (Å²) in [6.45, 7) is 3.71. The van der Waals surface area contributed by atoms with Gasteiger partial charge in [-0.15, -0.1) is 22.0 Å². The molecule has 3 rings (SSSR count). The Morgan fingerprint density at radius 1 is 1.14 bits per heavy atom. The normalized spacial score (nSPS) is 11.0. The predicted octanol–water partition coefficient (Wildman–Crippen LogP) is 4.38. The van der Waals surface area contributed by atoms with Gasteiger partial charge in [-0.2, -0.15) is 0 Å². The van der Waals surface area contributed by atoms with Crippen molar-refractivity contribution in [3.8, 4) is 11.5 Å². The molecule has 0 aliphatic rings. The van der Waals surface area contributed by atoms with Gasteiger partial charge in [-0.05, 0) is 32.0 Å². The van der Waals surface area contributed by atoms with Crippen molar-refractivity contribution in [2.75, 3.05) is 0 Å². The van der Waals surface area contributed by atoms with Crippen LogP contribution in [0.2, 0.25) is 0 Å². The minimum atomic E-state index is -0.247. The molecule has 0 N–H and O–H groups in total. The third-order valence-corrected chi connectivity index (χ3v) is 3.96. The summed E-state index contributed by atoms with van der Waals surface area (Å²) in [6, 6.07) is 8.47. The first-order chi connectivity index (χ1) is 10.1. The standard InChI is InChI=1S/C15H13FN2O2S/c1-9-7-11(10(2)19-9)15-18-17-14(20-15)8-21-13-6-4-3-5-12(13)16/h3-7H,8H2,1-2H3. The fraction of sp³-hybridized carbons (Fsp3) is 0.200. The molecule has 0 amide bonds. The number of rotatable bonds is 4. The Balaban J connectivity index is 1.74. The maximum Gasteiger partial charge on any atom is 0.251 e. The Hall–Kier alpha value is -2.08. The number of benzene rings is 1. The van der Waals surface area contributed by atoms with Gasteiger partial charge in [0, 0.05) is 4.90 Å². The van der Waals surface area contributed by atoms with Gasteiger partial charge in [-0.3, -0.25) is 0 Å². The number of aromatic nitrogens is 2. The molecule has 0 unspecified atom stereocenters. The van der Waals surface area contributed by atoms with E-state index in [9.17, 15) is 4.39 Å². The first-order valence-electron chi connectivity index (χ1n) is 6.40. The molecule has 0 saturated heterocycles. The molecule has 6 heteroatoms. The molecule has 0 atom stereocenters. The third-order valence-electron chi connectivity index (χ3n) is 2.93. The van der Waals surface area contributed by atoms with Crippen molar-refractivity contribution in [2.24, 2.45) is 0 Å². The highest BCUT2D eigenvalue weighted by atomic mass is 32.2. The number of halogens is 1. The van der Waals surface area contributed by atoms with Gasteiger partial charge < -0.3 is 8.83 Å². The van der Waals surface area contributed by atoms with Crippen LogP contribution < -0.4 is 0 Å². The SMILES string of the molecule is Cc1cc(-c2nnc(CSc3ccccc3F)o2)c(C)o1. The average Bonchev–Trinajstić information content (AvgIpc) is 3.04. The number of nitrogens with zero attached hydrogens (tertiary/aromatic N) is 2. The van der Waals surface area contributed by atoms with E-state index in [2.05, 4.69) is 10.2 Å². The number of hydrogen-bond donors (Lipinski definition) is 0. The van der Waals surface area contributed by atoms with Crippen LogP contribution in [0.3, 0.4) is 0 Å². The van der Waals surface area contributed by atoms with Crippen molar-refractivity contribution in [3.63, 3.8) is 0 Å². The van der Waals surface area contributed by atoms with Gasteiger partial charge in [0.1, 0.15) is 17.3 Å². The van der Waals surface area contributed by atoms with Crippen molar-refractivity contribution in [3.05, 3.63) is 53.6 Å². The van der Waals surface area contributed by atoms with Crippen LogP contribution in [0, 0.1) is 19.7 Å². The van der Waals surface area contributed by atoms with Crippen molar-refractivity contribution < 1.29 is 13.2 Å². The van der Waals surface area contributed by atoms with E-state index in [1.54, 1.807) is 18.2 Å². The lowest BCUT2D eigenvalue weighted by Crippen LogP contribution is -1.83. The fourth-order valence-corrected chi connectivity index (χ4v) is 2.74. The molecule has 0 aliphatic carbocycles. The van der Waals surface area contributed by atoms with Gasteiger partial charge in [0.2, 0.25) is 5.89 Å². The lowest BCUT2D eigenvalue weighted by atomic mass is 10.2. The summed E-state index contributed by atoms with van der Waals surface area (Å²) in [5.74, 6) is 2.59. The monoisotopic (exact) mass is 304 g/mol. The number of aryl methyl sites for hydroxylation is 2. The summed E-state index contributed by atoms with van der Waals surface area (Å²) in [5, 5.41) is 8.00. The molecular formula is C15H13FN2O2S. The van der Waals surface area contributed by atoms with E-state index in [1.165, 1.54) is 17.8 Å². The third kappa shape index (κ3) is 3.00. The van der Waals surface area contributed by atoms with Crippen molar-refractivity contribution >= 4 is 11.8 Å². The molecule has 0 saturated carbocycles. The molecule has 0 spiro atoms. The van der Waals surface area contributed by atoms with Crippen molar-refractivity contribution in [2.45, 2.75) is 24.5 Å². The maximum atomic E-state index is 13.5. The van der Waals surface area contributed by atoms with Gasteiger partial charge in [0.25, 0.3) is 5.89 Å². The van der Waals surface area contributed by atoms with Crippen LogP contribution in [0.25, 0.3) is 11.5 Å².